The van der Waals surface area contributed by atoms with Gasteiger partial charge < -0.3 is 20.3 Å². The monoisotopic (exact) mass is 346 g/mol. The number of urea groups is 1. The van der Waals surface area contributed by atoms with Crippen molar-refractivity contribution in [3.05, 3.63) is 29.8 Å². The normalized spacial score (nSPS) is 18.2. The van der Waals surface area contributed by atoms with Crippen molar-refractivity contribution in [2.75, 3.05) is 57.8 Å². The minimum absolute atomic E-state index is 0.0692. The highest BCUT2D eigenvalue weighted by atomic mass is 16.5. The topological polar surface area (TPSA) is 73.9 Å². The largest absolute Gasteiger partial charge is 0.379 e. The summed E-state index contributed by atoms with van der Waals surface area (Å²) in [6.45, 7) is 6.44. The summed E-state index contributed by atoms with van der Waals surface area (Å²) in [4.78, 5) is 28.3. The van der Waals surface area contributed by atoms with Gasteiger partial charge in [0.1, 0.15) is 0 Å². The molecule has 7 heteroatoms. The van der Waals surface area contributed by atoms with Gasteiger partial charge in [-0.2, -0.15) is 0 Å². The van der Waals surface area contributed by atoms with Crippen LogP contribution in [0, 0.1) is 0 Å². The molecule has 7 nitrogen and oxygen atoms in total. The van der Waals surface area contributed by atoms with Crippen molar-refractivity contribution in [1.29, 1.82) is 0 Å². The van der Waals surface area contributed by atoms with Gasteiger partial charge in [-0.3, -0.25) is 9.69 Å². The number of hydrogen-bond acceptors (Lipinski definition) is 4. The number of amides is 3. The zero-order chi connectivity index (χ0) is 17.5. The number of carbonyl (C=O) groups is 2. The van der Waals surface area contributed by atoms with Gasteiger partial charge in [0.25, 0.3) is 5.91 Å². The van der Waals surface area contributed by atoms with Crippen LogP contribution in [-0.2, 0) is 4.74 Å². The Bertz CT molecular complexity index is 578. The standard InChI is InChI=1S/C18H26N4O3/c23-17(19-7-10-21-11-13-25-14-12-21)15-3-5-16(6-4-15)20-18(24)22-8-1-2-9-22/h3-6H,1-2,7-14H2,(H,19,23)(H,20,24). The molecule has 2 aliphatic rings. The van der Waals surface area contributed by atoms with Gasteiger partial charge in [0.2, 0.25) is 0 Å². The van der Waals surface area contributed by atoms with Gasteiger partial charge in [-0.25, -0.2) is 4.79 Å². The van der Waals surface area contributed by atoms with Crippen LogP contribution >= 0.6 is 0 Å². The number of hydrogen-bond donors (Lipinski definition) is 2. The Kier molecular flexibility index (Phi) is 6.25. The molecule has 2 aliphatic heterocycles. The summed E-state index contributed by atoms with van der Waals surface area (Å²) in [5.41, 5.74) is 1.31. The van der Waals surface area contributed by atoms with Crippen LogP contribution in [-0.4, -0.2) is 74.2 Å². The molecule has 2 N–H and O–H groups in total. The summed E-state index contributed by atoms with van der Waals surface area (Å²) in [6, 6.07) is 6.95. The molecule has 2 fully saturated rings. The zero-order valence-corrected chi connectivity index (χ0v) is 14.5. The van der Waals surface area contributed by atoms with Crippen LogP contribution in [0.15, 0.2) is 24.3 Å². The highest BCUT2D eigenvalue weighted by Crippen LogP contribution is 2.13. The Balaban J connectivity index is 1.42. The van der Waals surface area contributed by atoms with E-state index in [1.807, 2.05) is 4.90 Å². The van der Waals surface area contributed by atoms with E-state index in [-0.39, 0.29) is 11.9 Å². The number of carbonyl (C=O) groups excluding carboxylic acids is 2. The molecule has 0 aliphatic carbocycles. The second kappa shape index (κ2) is 8.82. The first kappa shape index (κ1) is 17.7. The molecule has 0 spiro atoms. The van der Waals surface area contributed by atoms with Gasteiger partial charge in [-0.1, -0.05) is 0 Å². The molecule has 136 valence electrons. The van der Waals surface area contributed by atoms with Crippen molar-refractivity contribution in [3.8, 4) is 0 Å². The van der Waals surface area contributed by atoms with Crippen molar-refractivity contribution < 1.29 is 14.3 Å². The first-order valence-electron chi connectivity index (χ1n) is 8.97. The van der Waals surface area contributed by atoms with Crippen LogP contribution in [0.1, 0.15) is 23.2 Å². The van der Waals surface area contributed by atoms with Gasteiger partial charge in [0, 0.05) is 50.5 Å². The van der Waals surface area contributed by atoms with Gasteiger partial charge >= 0.3 is 6.03 Å². The number of anilines is 1. The second-order valence-corrected chi connectivity index (χ2v) is 6.41. The van der Waals surface area contributed by atoms with Crippen LogP contribution < -0.4 is 10.6 Å². The number of morpholine rings is 1. The highest BCUT2D eigenvalue weighted by molar-refractivity contribution is 5.95. The van der Waals surface area contributed by atoms with Gasteiger partial charge in [0.15, 0.2) is 0 Å². The molecule has 0 aromatic heterocycles. The minimum Gasteiger partial charge on any atom is -0.379 e. The molecule has 2 heterocycles. The number of rotatable bonds is 5. The lowest BCUT2D eigenvalue weighted by molar-refractivity contribution is 0.0383. The molecular weight excluding hydrogens is 320 g/mol. The summed E-state index contributed by atoms with van der Waals surface area (Å²) in [7, 11) is 0. The lowest BCUT2D eigenvalue weighted by Gasteiger charge is -2.26. The molecule has 1 aromatic carbocycles. The molecule has 25 heavy (non-hydrogen) atoms. The maximum Gasteiger partial charge on any atom is 0.321 e. The number of ether oxygens (including phenoxy) is 1. The van der Waals surface area contributed by atoms with E-state index in [1.54, 1.807) is 24.3 Å². The van der Waals surface area contributed by atoms with Gasteiger partial charge in [0.05, 0.1) is 13.2 Å². The van der Waals surface area contributed by atoms with Crippen molar-refractivity contribution >= 4 is 17.6 Å². The number of benzene rings is 1. The number of nitrogens with zero attached hydrogens (tertiary/aromatic N) is 2. The highest BCUT2D eigenvalue weighted by Gasteiger charge is 2.17. The molecule has 0 bridgehead atoms. The molecule has 0 saturated carbocycles. The minimum atomic E-state index is -0.0920. The van der Waals surface area contributed by atoms with Crippen molar-refractivity contribution in [2.24, 2.45) is 0 Å². The second-order valence-electron chi connectivity index (χ2n) is 6.41. The van der Waals surface area contributed by atoms with E-state index in [1.165, 1.54) is 0 Å². The summed E-state index contributed by atoms with van der Waals surface area (Å²) < 4.78 is 5.31. The molecule has 0 unspecified atom stereocenters. The predicted octanol–water partition coefficient (Wildman–Crippen LogP) is 1.38. The third-order valence-corrected chi connectivity index (χ3v) is 4.61. The quantitative estimate of drug-likeness (QED) is 0.845. The number of nitrogens with one attached hydrogen (secondary N) is 2. The smallest absolute Gasteiger partial charge is 0.321 e. The van der Waals surface area contributed by atoms with E-state index in [9.17, 15) is 9.59 Å². The average Bonchev–Trinajstić information content (AvgIpc) is 3.18. The summed E-state index contributed by atoms with van der Waals surface area (Å²) in [5, 5.41) is 5.81. The predicted molar refractivity (Wildman–Crippen MR) is 95.9 cm³/mol. The lowest BCUT2D eigenvalue weighted by Crippen LogP contribution is -2.41. The summed E-state index contributed by atoms with van der Waals surface area (Å²) >= 11 is 0. The van der Waals surface area contributed by atoms with E-state index in [2.05, 4.69) is 15.5 Å². The Morgan fingerprint density at radius 1 is 1.00 bits per heavy atom. The van der Waals surface area contributed by atoms with E-state index in [4.69, 9.17) is 4.74 Å². The Hall–Kier alpha value is -2.12. The number of likely N-dealkylation sites (tertiary alicyclic amines) is 1. The fraction of sp³-hybridized carbons (Fsp3) is 0.556. The SMILES string of the molecule is O=C(NCCN1CCOCC1)c1ccc(NC(=O)N2CCCC2)cc1. The van der Waals surface area contributed by atoms with Crippen LogP contribution in [0.3, 0.4) is 0 Å². The molecular formula is C18H26N4O3. The fourth-order valence-electron chi connectivity index (χ4n) is 3.08. The van der Waals surface area contributed by atoms with Gasteiger partial charge in [-0.15, -0.1) is 0 Å². The van der Waals surface area contributed by atoms with E-state index in [0.29, 0.717) is 17.8 Å². The third-order valence-electron chi connectivity index (χ3n) is 4.61. The van der Waals surface area contributed by atoms with E-state index < -0.39 is 0 Å². The summed E-state index contributed by atoms with van der Waals surface area (Å²) in [6.07, 6.45) is 2.13. The van der Waals surface area contributed by atoms with Crippen molar-refractivity contribution in [2.45, 2.75) is 12.8 Å². The van der Waals surface area contributed by atoms with Crippen LogP contribution in [0.25, 0.3) is 0 Å². The van der Waals surface area contributed by atoms with Gasteiger partial charge in [-0.05, 0) is 37.1 Å². The zero-order valence-electron chi connectivity index (χ0n) is 14.5. The Labute approximate surface area is 148 Å². The molecule has 2 saturated heterocycles. The Morgan fingerprint density at radius 2 is 1.68 bits per heavy atom. The maximum atomic E-state index is 12.2. The molecule has 0 radical (unpaired) electrons. The summed E-state index contributed by atoms with van der Waals surface area (Å²) in [5.74, 6) is -0.0920. The van der Waals surface area contributed by atoms with Crippen LogP contribution in [0.5, 0.6) is 0 Å². The van der Waals surface area contributed by atoms with Crippen molar-refractivity contribution in [3.63, 3.8) is 0 Å². The maximum absolute atomic E-state index is 12.2. The first-order chi connectivity index (χ1) is 12.2. The van der Waals surface area contributed by atoms with Crippen LogP contribution in [0.4, 0.5) is 10.5 Å². The first-order valence-corrected chi connectivity index (χ1v) is 8.97. The fourth-order valence-corrected chi connectivity index (χ4v) is 3.08. The lowest BCUT2D eigenvalue weighted by atomic mass is 10.2. The average molecular weight is 346 g/mol. The third kappa shape index (κ3) is 5.17. The Morgan fingerprint density at radius 3 is 2.36 bits per heavy atom. The molecule has 0 atom stereocenters. The van der Waals surface area contributed by atoms with E-state index >= 15 is 0 Å². The molecule has 3 amide bonds. The molecule has 3 rings (SSSR count). The van der Waals surface area contributed by atoms with Crippen molar-refractivity contribution in [1.82, 2.24) is 15.1 Å². The van der Waals surface area contributed by atoms with E-state index in [0.717, 1.165) is 58.8 Å². The molecule has 1 aromatic rings. The van der Waals surface area contributed by atoms with Crippen LogP contribution in [0.2, 0.25) is 0 Å².